The molecule has 0 N–H and O–H groups in total. The molecule has 0 bridgehead atoms. The van der Waals surface area contributed by atoms with Crippen LogP contribution in [0.2, 0.25) is 0 Å². The van der Waals surface area contributed by atoms with Crippen LogP contribution in [0.15, 0.2) is 53.1 Å². The predicted octanol–water partition coefficient (Wildman–Crippen LogP) is 5.00. The molecule has 1 atom stereocenters. The van der Waals surface area contributed by atoms with E-state index in [0.29, 0.717) is 31.3 Å². The van der Waals surface area contributed by atoms with Gasteiger partial charge in [-0.2, -0.15) is 4.98 Å². The van der Waals surface area contributed by atoms with Gasteiger partial charge in [0.2, 0.25) is 5.91 Å². The minimum Gasteiger partial charge on any atom is -0.494 e. The second kappa shape index (κ2) is 9.11. The first-order chi connectivity index (χ1) is 14.7. The van der Waals surface area contributed by atoms with Gasteiger partial charge in [-0.3, -0.25) is 4.79 Å². The third-order valence-electron chi connectivity index (χ3n) is 5.46. The van der Waals surface area contributed by atoms with Crippen molar-refractivity contribution in [2.24, 2.45) is 0 Å². The monoisotopic (exact) mass is 405 g/mol. The normalized spacial score (nSPS) is 16.3. The number of aromatic nitrogens is 2. The van der Waals surface area contributed by atoms with Gasteiger partial charge in [0.25, 0.3) is 5.89 Å². The van der Waals surface area contributed by atoms with Gasteiger partial charge in [-0.15, -0.1) is 0 Å². The summed E-state index contributed by atoms with van der Waals surface area (Å²) in [7, 11) is 0. The maximum absolute atomic E-state index is 12.6. The zero-order valence-electron chi connectivity index (χ0n) is 17.5. The molecular weight excluding hydrogens is 378 g/mol. The van der Waals surface area contributed by atoms with Crippen molar-refractivity contribution in [1.82, 2.24) is 10.1 Å². The van der Waals surface area contributed by atoms with Crippen molar-refractivity contribution in [3.8, 4) is 17.2 Å². The Morgan fingerprint density at radius 2 is 1.87 bits per heavy atom. The summed E-state index contributed by atoms with van der Waals surface area (Å²) in [6, 6.07) is 15.8. The Hall–Kier alpha value is -3.15. The number of hydrogen-bond donors (Lipinski definition) is 0. The Balaban J connectivity index is 1.43. The molecular formula is C24H27N3O3. The first-order valence-electron chi connectivity index (χ1n) is 10.6. The number of ether oxygens (including phenoxy) is 1. The molecule has 4 rings (SSSR count). The third-order valence-corrected chi connectivity index (χ3v) is 5.46. The summed E-state index contributed by atoms with van der Waals surface area (Å²) >= 11 is 0. The molecule has 1 aliphatic heterocycles. The summed E-state index contributed by atoms with van der Waals surface area (Å²) in [5.74, 6) is 1.89. The number of aryl methyl sites for hydroxylation is 1. The van der Waals surface area contributed by atoms with Gasteiger partial charge in [-0.05, 0) is 54.8 Å². The highest BCUT2D eigenvalue weighted by molar-refractivity contribution is 5.96. The van der Waals surface area contributed by atoms with Crippen LogP contribution in [0.5, 0.6) is 5.75 Å². The Bertz CT molecular complexity index is 980. The van der Waals surface area contributed by atoms with Gasteiger partial charge in [0.15, 0.2) is 5.82 Å². The van der Waals surface area contributed by atoms with E-state index in [0.717, 1.165) is 36.3 Å². The number of unbranched alkanes of at least 4 members (excludes halogenated alkanes) is 1. The van der Waals surface area contributed by atoms with Gasteiger partial charge < -0.3 is 14.2 Å². The molecule has 1 saturated heterocycles. The maximum atomic E-state index is 12.6. The van der Waals surface area contributed by atoms with E-state index in [1.807, 2.05) is 41.3 Å². The van der Waals surface area contributed by atoms with E-state index in [9.17, 15) is 4.79 Å². The van der Waals surface area contributed by atoms with E-state index in [1.165, 1.54) is 5.56 Å². The summed E-state index contributed by atoms with van der Waals surface area (Å²) in [4.78, 5) is 18.9. The van der Waals surface area contributed by atoms with E-state index < -0.39 is 0 Å². The maximum Gasteiger partial charge on any atom is 0.257 e. The van der Waals surface area contributed by atoms with E-state index in [-0.39, 0.29) is 11.8 Å². The Morgan fingerprint density at radius 3 is 2.57 bits per heavy atom. The van der Waals surface area contributed by atoms with Gasteiger partial charge in [0, 0.05) is 30.1 Å². The van der Waals surface area contributed by atoms with Crippen LogP contribution in [-0.4, -0.2) is 29.2 Å². The molecule has 1 unspecified atom stereocenters. The van der Waals surface area contributed by atoms with Crippen molar-refractivity contribution < 1.29 is 14.1 Å². The summed E-state index contributed by atoms with van der Waals surface area (Å²) < 4.78 is 11.2. The third kappa shape index (κ3) is 4.37. The summed E-state index contributed by atoms with van der Waals surface area (Å²) in [6.45, 7) is 5.53. The highest BCUT2D eigenvalue weighted by Gasteiger charge is 2.34. The Kier molecular flexibility index (Phi) is 6.12. The van der Waals surface area contributed by atoms with Crippen LogP contribution in [0.4, 0.5) is 5.69 Å². The van der Waals surface area contributed by atoms with Crippen LogP contribution in [0, 0.1) is 0 Å². The highest BCUT2D eigenvalue weighted by Crippen LogP contribution is 2.32. The number of anilines is 1. The number of carbonyl (C=O) groups excluding carboxylic acids is 1. The molecule has 156 valence electrons. The zero-order chi connectivity index (χ0) is 20.9. The Labute approximate surface area is 176 Å². The standard InChI is InChI=1S/C24H27N3O3/c1-3-5-14-29-21-12-8-18(9-13-21)24-25-23(26-30-24)19-15-22(28)27(16-19)20-10-6-17(4-2)7-11-20/h6-13,19H,3-5,14-16H2,1-2H3. The molecule has 1 aliphatic rings. The quantitative estimate of drug-likeness (QED) is 0.494. The molecule has 6 nitrogen and oxygen atoms in total. The highest BCUT2D eigenvalue weighted by atomic mass is 16.5. The molecule has 6 heteroatoms. The lowest BCUT2D eigenvalue weighted by Gasteiger charge is -2.16. The van der Waals surface area contributed by atoms with Crippen LogP contribution in [-0.2, 0) is 11.2 Å². The number of rotatable bonds is 8. The summed E-state index contributed by atoms with van der Waals surface area (Å²) in [6.07, 6.45) is 3.51. The lowest BCUT2D eigenvalue weighted by atomic mass is 10.1. The summed E-state index contributed by atoms with van der Waals surface area (Å²) in [5.41, 5.74) is 3.02. The zero-order valence-corrected chi connectivity index (χ0v) is 17.5. The molecule has 0 saturated carbocycles. The lowest BCUT2D eigenvalue weighted by molar-refractivity contribution is -0.117. The van der Waals surface area contributed by atoms with Gasteiger partial charge in [-0.25, -0.2) is 0 Å². The average molecular weight is 405 g/mol. The van der Waals surface area contributed by atoms with Crippen molar-refractivity contribution in [1.29, 1.82) is 0 Å². The number of nitrogens with zero attached hydrogens (tertiary/aromatic N) is 3. The molecule has 1 amide bonds. The minimum absolute atomic E-state index is 0.0718. The van der Waals surface area contributed by atoms with E-state index >= 15 is 0 Å². The topological polar surface area (TPSA) is 68.5 Å². The number of carbonyl (C=O) groups is 1. The predicted molar refractivity (Wildman–Crippen MR) is 116 cm³/mol. The molecule has 2 aromatic carbocycles. The van der Waals surface area contributed by atoms with Gasteiger partial charge >= 0.3 is 0 Å². The molecule has 1 fully saturated rings. The smallest absolute Gasteiger partial charge is 0.257 e. The summed E-state index contributed by atoms with van der Waals surface area (Å²) in [5, 5.41) is 4.15. The van der Waals surface area contributed by atoms with Crippen molar-refractivity contribution in [3.63, 3.8) is 0 Å². The lowest BCUT2D eigenvalue weighted by Crippen LogP contribution is -2.24. The fourth-order valence-corrected chi connectivity index (χ4v) is 3.59. The fraction of sp³-hybridized carbons (Fsp3) is 0.375. The largest absolute Gasteiger partial charge is 0.494 e. The fourth-order valence-electron chi connectivity index (χ4n) is 3.59. The molecule has 30 heavy (non-hydrogen) atoms. The number of benzene rings is 2. The van der Waals surface area contributed by atoms with Crippen LogP contribution in [0.25, 0.3) is 11.5 Å². The SMILES string of the molecule is CCCCOc1ccc(-c2nc(C3CC(=O)N(c4ccc(CC)cc4)C3)no2)cc1. The van der Waals surface area contributed by atoms with Crippen LogP contribution < -0.4 is 9.64 Å². The average Bonchev–Trinajstić information content (AvgIpc) is 3.42. The second-order valence-corrected chi connectivity index (χ2v) is 7.61. The van der Waals surface area contributed by atoms with Gasteiger partial charge in [0.1, 0.15) is 5.75 Å². The minimum atomic E-state index is -0.0718. The number of hydrogen-bond acceptors (Lipinski definition) is 5. The molecule has 1 aromatic heterocycles. The van der Waals surface area contributed by atoms with Crippen LogP contribution in [0.3, 0.4) is 0 Å². The van der Waals surface area contributed by atoms with E-state index in [2.05, 4.69) is 36.1 Å². The molecule has 0 spiro atoms. The first-order valence-corrected chi connectivity index (χ1v) is 10.6. The number of amides is 1. The van der Waals surface area contributed by atoms with Gasteiger partial charge in [0.05, 0.1) is 6.61 Å². The van der Waals surface area contributed by atoms with Crippen LogP contribution in [0.1, 0.15) is 50.4 Å². The first kappa shape index (κ1) is 20.1. The van der Waals surface area contributed by atoms with Crippen LogP contribution >= 0.6 is 0 Å². The van der Waals surface area contributed by atoms with E-state index in [1.54, 1.807) is 0 Å². The van der Waals surface area contributed by atoms with Crippen molar-refractivity contribution in [2.45, 2.75) is 45.4 Å². The molecule has 0 radical (unpaired) electrons. The van der Waals surface area contributed by atoms with Crippen molar-refractivity contribution >= 4 is 11.6 Å². The van der Waals surface area contributed by atoms with Gasteiger partial charge in [-0.1, -0.05) is 37.6 Å². The molecule has 0 aliphatic carbocycles. The second-order valence-electron chi connectivity index (χ2n) is 7.61. The Morgan fingerprint density at radius 1 is 1.10 bits per heavy atom. The van der Waals surface area contributed by atoms with E-state index in [4.69, 9.17) is 9.26 Å². The van der Waals surface area contributed by atoms with Crippen molar-refractivity contribution in [2.75, 3.05) is 18.1 Å². The van der Waals surface area contributed by atoms with Crippen molar-refractivity contribution in [3.05, 3.63) is 59.9 Å². The molecule has 2 heterocycles. The molecule has 3 aromatic rings.